The molecule has 0 bridgehead atoms. The number of carboxylic acid groups (broad SMARTS) is 1. The quantitative estimate of drug-likeness (QED) is 0.599. The van der Waals surface area contributed by atoms with Gasteiger partial charge in [-0.25, -0.2) is 0 Å². The number of aliphatic hydroxyl groups excluding tert-OH is 1. The fraction of sp³-hybridized carbons (Fsp3) is 0.476. The summed E-state index contributed by atoms with van der Waals surface area (Å²) in [7, 11) is 0. The van der Waals surface area contributed by atoms with Gasteiger partial charge in [0.1, 0.15) is 5.76 Å². The molecule has 2 aromatic rings. The van der Waals surface area contributed by atoms with Gasteiger partial charge >= 0.3 is 0 Å². The molecule has 0 radical (unpaired) electrons. The van der Waals surface area contributed by atoms with Crippen molar-refractivity contribution in [3.8, 4) is 0 Å². The second kappa shape index (κ2) is 10.2. The first kappa shape index (κ1) is 22.6. The van der Waals surface area contributed by atoms with Crippen LogP contribution in [0.4, 0.5) is 0 Å². The van der Waals surface area contributed by atoms with Gasteiger partial charge in [-0.3, -0.25) is 9.59 Å². The maximum atomic E-state index is 12.7. The molecule has 2 atom stereocenters. The highest BCUT2D eigenvalue weighted by atomic mass is 16.5. The molecule has 0 unspecified atom stereocenters. The van der Waals surface area contributed by atoms with Gasteiger partial charge in [0.25, 0.3) is 5.97 Å². The van der Waals surface area contributed by atoms with Crippen LogP contribution in [0, 0.1) is 13.8 Å². The first-order valence-corrected chi connectivity index (χ1v) is 9.63. The average Bonchev–Trinajstić information content (AvgIpc) is 3.00. The summed E-state index contributed by atoms with van der Waals surface area (Å²) in [6.07, 6.45) is 0.880. The number of aryl methyl sites for hydroxylation is 2. The molecule has 8 nitrogen and oxygen atoms in total. The van der Waals surface area contributed by atoms with Crippen LogP contribution in [0.1, 0.15) is 42.3 Å². The molecule has 29 heavy (non-hydrogen) atoms. The summed E-state index contributed by atoms with van der Waals surface area (Å²) in [5.74, 6) is -0.158. The lowest BCUT2D eigenvalue weighted by atomic mass is 9.79. The largest absolute Gasteiger partial charge is 0.481 e. The number of nitrogens with zero attached hydrogens (tertiary/aromatic N) is 1. The summed E-state index contributed by atoms with van der Waals surface area (Å²) >= 11 is 0. The Bertz CT molecular complexity index is 797. The van der Waals surface area contributed by atoms with Crippen molar-refractivity contribution in [1.29, 1.82) is 0 Å². The van der Waals surface area contributed by atoms with E-state index in [1.807, 2.05) is 44.2 Å². The van der Waals surface area contributed by atoms with E-state index in [-0.39, 0.29) is 5.91 Å². The molecular formula is C21H29N3O5. The minimum Gasteiger partial charge on any atom is -0.481 e. The van der Waals surface area contributed by atoms with E-state index in [4.69, 9.17) is 14.4 Å². The second-order valence-corrected chi connectivity index (χ2v) is 7.18. The third-order valence-corrected chi connectivity index (χ3v) is 5.04. The number of hydrogen-bond donors (Lipinski definition) is 4. The van der Waals surface area contributed by atoms with Gasteiger partial charge in [0.2, 0.25) is 5.91 Å². The van der Waals surface area contributed by atoms with E-state index in [0.717, 1.165) is 36.0 Å². The van der Waals surface area contributed by atoms with E-state index in [9.17, 15) is 9.90 Å². The molecule has 158 valence electrons. The van der Waals surface area contributed by atoms with Crippen molar-refractivity contribution in [2.75, 3.05) is 13.1 Å². The minimum absolute atomic E-state index is 0.0789. The van der Waals surface area contributed by atoms with Crippen molar-refractivity contribution in [1.82, 2.24) is 15.8 Å². The van der Waals surface area contributed by atoms with Crippen LogP contribution in [0.25, 0.3) is 0 Å². The molecule has 8 heteroatoms. The maximum absolute atomic E-state index is 12.7. The molecule has 1 aromatic heterocycles. The maximum Gasteiger partial charge on any atom is 0.300 e. The van der Waals surface area contributed by atoms with Gasteiger partial charge in [0.15, 0.2) is 0 Å². The van der Waals surface area contributed by atoms with Crippen LogP contribution in [-0.4, -0.2) is 46.4 Å². The predicted molar refractivity (Wildman–Crippen MR) is 107 cm³/mol. The SMILES string of the molecule is CC(=O)O.Cc1noc(C)c1CCC(=O)N[C@@]1(c2ccccc2)CCNC[C@H]1O. The fourth-order valence-corrected chi connectivity index (χ4v) is 3.56. The zero-order chi connectivity index (χ0) is 21.4. The monoisotopic (exact) mass is 403 g/mol. The predicted octanol–water partition coefficient (Wildman–Crippen LogP) is 1.68. The Hall–Kier alpha value is -2.71. The van der Waals surface area contributed by atoms with Crippen molar-refractivity contribution >= 4 is 11.9 Å². The second-order valence-electron chi connectivity index (χ2n) is 7.18. The summed E-state index contributed by atoms with van der Waals surface area (Å²) in [5, 5.41) is 28.3. The summed E-state index contributed by atoms with van der Waals surface area (Å²) in [6, 6.07) is 9.72. The zero-order valence-electron chi connectivity index (χ0n) is 17.1. The van der Waals surface area contributed by atoms with Crippen LogP contribution in [0.2, 0.25) is 0 Å². The van der Waals surface area contributed by atoms with E-state index in [1.54, 1.807) is 0 Å². The third-order valence-electron chi connectivity index (χ3n) is 5.04. The van der Waals surface area contributed by atoms with Crippen molar-refractivity contribution in [3.63, 3.8) is 0 Å². The van der Waals surface area contributed by atoms with E-state index < -0.39 is 17.6 Å². The highest BCUT2D eigenvalue weighted by Gasteiger charge is 2.42. The van der Waals surface area contributed by atoms with Crippen molar-refractivity contribution in [3.05, 3.63) is 52.9 Å². The Balaban J connectivity index is 0.000000687. The molecule has 1 amide bonds. The van der Waals surface area contributed by atoms with E-state index in [0.29, 0.717) is 25.8 Å². The van der Waals surface area contributed by atoms with Gasteiger partial charge in [-0.2, -0.15) is 0 Å². The number of carbonyl (C=O) groups excluding carboxylic acids is 1. The molecule has 1 saturated heterocycles. The highest BCUT2D eigenvalue weighted by molar-refractivity contribution is 5.77. The molecule has 0 spiro atoms. The lowest BCUT2D eigenvalue weighted by molar-refractivity contribution is -0.134. The summed E-state index contributed by atoms with van der Waals surface area (Å²) in [6.45, 7) is 6.02. The summed E-state index contributed by atoms with van der Waals surface area (Å²) in [5.41, 5.74) is 2.00. The number of aliphatic hydroxyl groups is 1. The number of aliphatic carboxylic acids is 1. The first-order valence-electron chi connectivity index (χ1n) is 9.63. The Morgan fingerprint density at radius 2 is 1.97 bits per heavy atom. The van der Waals surface area contributed by atoms with Crippen molar-refractivity contribution in [2.24, 2.45) is 0 Å². The molecule has 0 aliphatic carbocycles. The van der Waals surface area contributed by atoms with Crippen LogP contribution in [0.3, 0.4) is 0 Å². The van der Waals surface area contributed by atoms with Gasteiger partial charge in [-0.15, -0.1) is 0 Å². The van der Waals surface area contributed by atoms with Gasteiger partial charge < -0.3 is 25.4 Å². The van der Waals surface area contributed by atoms with Crippen LogP contribution in [-0.2, 0) is 21.5 Å². The van der Waals surface area contributed by atoms with Gasteiger partial charge in [-0.1, -0.05) is 35.5 Å². The zero-order valence-corrected chi connectivity index (χ0v) is 17.1. The van der Waals surface area contributed by atoms with Gasteiger partial charge in [0.05, 0.1) is 17.3 Å². The Morgan fingerprint density at radius 1 is 1.31 bits per heavy atom. The topological polar surface area (TPSA) is 125 Å². The number of carbonyl (C=O) groups is 2. The average molecular weight is 403 g/mol. The third kappa shape index (κ3) is 5.88. The number of rotatable bonds is 5. The lowest BCUT2D eigenvalue weighted by Crippen LogP contribution is -2.61. The molecular weight excluding hydrogens is 374 g/mol. The minimum atomic E-state index is -0.833. The first-order chi connectivity index (χ1) is 13.8. The molecule has 0 saturated carbocycles. The van der Waals surface area contributed by atoms with Gasteiger partial charge in [-0.05, 0) is 38.8 Å². The Labute approximate surface area is 170 Å². The van der Waals surface area contributed by atoms with Crippen LogP contribution in [0.15, 0.2) is 34.9 Å². The van der Waals surface area contributed by atoms with Crippen LogP contribution < -0.4 is 10.6 Å². The smallest absolute Gasteiger partial charge is 0.300 e. The number of carboxylic acids is 1. The number of amides is 1. The number of β-amino-alcohol motifs (C(OH)–C–C–N with tert-alkyl or cyclic N) is 1. The van der Waals surface area contributed by atoms with Crippen LogP contribution in [0.5, 0.6) is 0 Å². The Morgan fingerprint density at radius 3 is 2.52 bits per heavy atom. The molecule has 1 aliphatic rings. The van der Waals surface area contributed by atoms with Crippen LogP contribution >= 0.6 is 0 Å². The standard InChI is InChI=1S/C19H25N3O3.C2H4O2/c1-13-16(14(2)25-22-13)8-9-18(24)21-19(10-11-20-12-17(19)23)15-6-4-3-5-7-15;1-2(3)4/h3-7,17,20,23H,8-12H2,1-2H3,(H,21,24);1H3,(H,3,4)/t17-,19-;/m1./s1. The van der Waals surface area contributed by atoms with Crippen molar-refractivity contribution < 1.29 is 24.3 Å². The Kier molecular flexibility index (Phi) is 7.92. The lowest BCUT2D eigenvalue weighted by Gasteiger charge is -2.43. The summed E-state index contributed by atoms with van der Waals surface area (Å²) < 4.78 is 5.15. The number of nitrogens with one attached hydrogen (secondary N) is 2. The molecule has 3 rings (SSSR count). The number of aromatic nitrogens is 1. The molecule has 4 N–H and O–H groups in total. The molecule has 2 heterocycles. The van der Waals surface area contributed by atoms with Gasteiger partial charge in [0, 0.05) is 25.5 Å². The fourth-order valence-electron chi connectivity index (χ4n) is 3.56. The summed E-state index contributed by atoms with van der Waals surface area (Å²) in [4.78, 5) is 21.7. The number of piperidine rings is 1. The van der Waals surface area contributed by atoms with E-state index in [1.165, 1.54) is 0 Å². The van der Waals surface area contributed by atoms with Crippen molar-refractivity contribution in [2.45, 2.75) is 51.7 Å². The molecule has 1 fully saturated rings. The number of benzene rings is 1. The number of hydrogen-bond acceptors (Lipinski definition) is 6. The van der Waals surface area contributed by atoms with E-state index >= 15 is 0 Å². The van der Waals surface area contributed by atoms with E-state index in [2.05, 4.69) is 15.8 Å². The molecule has 1 aromatic carbocycles. The molecule has 1 aliphatic heterocycles. The normalized spacial score (nSPS) is 21.0. The highest BCUT2D eigenvalue weighted by Crippen LogP contribution is 2.31.